The predicted octanol–water partition coefficient (Wildman–Crippen LogP) is 1.72. The number of aliphatic carboxylic acids is 1. The summed E-state index contributed by atoms with van der Waals surface area (Å²) in [6.07, 6.45) is 0.923. The molecule has 0 radical (unpaired) electrons. The van der Waals surface area contributed by atoms with Gasteiger partial charge in [-0.15, -0.1) is 0 Å². The molecule has 128 valence electrons. The molecule has 1 saturated heterocycles. The first-order valence-corrected chi connectivity index (χ1v) is 7.88. The molecule has 2 fully saturated rings. The predicted molar refractivity (Wildman–Crippen MR) is 82.2 cm³/mol. The molecule has 2 atom stereocenters. The Bertz CT molecular complexity index is 655. The van der Waals surface area contributed by atoms with Crippen LogP contribution in [0.25, 0.3) is 0 Å². The Morgan fingerprint density at radius 1 is 1.17 bits per heavy atom. The van der Waals surface area contributed by atoms with E-state index in [9.17, 15) is 19.7 Å². The Labute approximate surface area is 138 Å². The molecule has 2 aliphatic rings. The van der Waals surface area contributed by atoms with Crippen LogP contribution in [0.4, 0.5) is 5.69 Å². The van der Waals surface area contributed by atoms with Crippen LogP contribution in [-0.2, 0) is 20.9 Å². The Hall–Kier alpha value is -2.48. The Balaban J connectivity index is 1.67. The van der Waals surface area contributed by atoms with Gasteiger partial charge >= 0.3 is 5.97 Å². The zero-order valence-electron chi connectivity index (χ0n) is 13.0. The average molecular weight is 334 g/mol. The van der Waals surface area contributed by atoms with Gasteiger partial charge in [0.05, 0.1) is 4.92 Å². The molecule has 8 nitrogen and oxygen atoms in total. The number of hydrogen-bond acceptors (Lipinski definition) is 5. The number of benzene rings is 1. The van der Waals surface area contributed by atoms with E-state index in [4.69, 9.17) is 9.84 Å². The number of rotatable bonds is 6. The van der Waals surface area contributed by atoms with E-state index in [1.807, 2.05) is 0 Å². The summed E-state index contributed by atoms with van der Waals surface area (Å²) in [6.45, 7) is 0.346. The average Bonchev–Trinajstić information content (AvgIpc) is 3.27. The lowest BCUT2D eigenvalue weighted by atomic mass is 10.1. The van der Waals surface area contributed by atoms with Crippen LogP contribution in [0.3, 0.4) is 0 Å². The van der Waals surface area contributed by atoms with Crippen LogP contribution in [0.5, 0.6) is 0 Å². The first-order chi connectivity index (χ1) is 11.5. The first-order valence-electron chi connectivity index (χ1n) is 7.88. The van der Waals surface area contributed by atoms with Crippen molar-refractivity contribution in [3.63, 3.8) is 0 Å². The second-order valence-corrected chi connectivity index (χ2v) is 6.15. The van der Waals surface area contributed by atoms with Crippen molar-refractivity contribution in [2.24, 2.45) is 0 Å². The van der Waals surface area contributed by atoms with E-state index in [0.29, 0.717) is 19.4 Å². The van der Waals surface area contributed by atoms with Gasteiger partial charge in [-0.2, -0.15) is 0 Å². The maximum absolute atomic E-state index is 12.7. The topological polar surface area (TPSA) is 110 Å². The molecule has 1 aromatic carbocycles. The third kappa shape index (κ3) is 3.53. The zero-order chi connectivity index (χ0) is 17.3. The molecule has 0 unspecified atom stereocenters. The van der Waals surface area contributed by atoms with Crippen LogP contribution in [0.15, 0.2) is 24.3 Å². The molecule has 24 heavy (non-hydrogen) atoms. The number of amides is 1. The molecular formula is C16H18N2O6. The quantitative estimate of drug-likeness (QED) is 0.626. The van der Waals surface area contributed by atoms with Crippen LogP contribution in [0.1, 0.15) is 31.2 Å². The summed E-state index contributed by atoms with van der Waals surface area (Å²) in [5, 5.41) is 19.7. The fourth-order valence-corrected chi connectivity index (χ4v) is 2.88. The van der Waals surface area contributed by atoms with Crippen LogP contribution in [0, 0.1) is 10.1 Å². The minimum absolute atomic E-state index is 0.00600. The molecule has 1 N–H and O–H groups in total. The largest absolute Gasteiger partial charge is 0.479 e. The molecule has 0 spiro atoms. The summed E-state index contributed by atoms with van der Waals surface area (Å²) >= 11 is 0. The van der Waals surface area contributed by atoms with Crippen LogP contribution < -0.4 is 0 Å². The van der Waals surface area contributed by atoms with Crippen molar-refractivity contribution in [1.82, 2.24) is 4.90 Å². The molecule has 1 amide bonds. The number of carboxylic acid groups (broad SMARTS) is 1. The molecule has 1 aliphatic heterocycles. The number of nitro groups is 1. The normalized spacial score (nSPS) is 23.0. The number of nitrogens with zero attached hydrogens (tertiary/aromatic N) is 2. The standard InChI is InChI=1S/C16H18N2O6/c19-15(13-7-8-14(24-13)16(20)21)17(11-5-6-11)9-10-1-3-12(4-2-10)18(22)23/h1-4,11,13-14H,5-9H2,(H,20,21)/t13-,14+/m0/s1. The minimum atomic E-state index is -1.04. The summed E-state index contributed by atoms with van der Waals surface area (Å²) < 4.78 is 5.35. The van der Waals surface area contributed by atoms with Gasteiger partial charge in [0.1, 0.15) is 6.10 Å². The van der Waals surface area contributed by atoms with E-state index >= 15 is 0 Å². The highest BCUT2D eigenvalue weighted by atomic mass is 16.6. The second kappa shape index (κ2) is 6.56. The number of carbonyl (C=O) groups is 2. The lowest BCUT2D eigenvalue weighted by Crippen LogP contribution is -2.40. The number of carbonyl (C=O) groups excluding carboxylic acids is 1. The SMILES string of the molecule is O=C(O)[C@H]1CC[C@@H](C(=O)N(Cc2ccc([N+](=O)[O-])cc2)C2CC2)O1. The monoisotopic (exact) mass is 334 g/mol. The summed E-state index contributed by atoms with van der Waals surface area (Å²) in [7, 11) is 0. The lowest BCUT2D eigenvalue weighted by molar-refractivity contribution is -0.384. The minimum Gasteiger partial charge on any atom is -0.479 e. The summed E-state index contributed by atoms with van der Waals surface area (Å²) in [5.74, 6) is -1.24. The van der Waals surface area contributed by atoms with Gasteiger partial charge in [-0.05, 0) is 31.2 Å². The van der Waals surface area contributed by atoms with Crippen LogP contribution in [0.2, 0.25) is 0 Å². The highest BCUT2D eigenvalue weighted by molar-refractivity contribution is 5.83. The van der Waals surface area contributed by atoms with Crippen molar-refractivity contribution >= 4 is 17.6 Å². The molecule has 0 aromatic heterocycles. The fraction of sp³-hybridized carbons (Fsp3) is 0.500. The molecule has 0 bridgehead atoms. The van der Waals surface area contributed by atoms with E-state index in [2.05, 4.69) is 0 Å². The highest BCUT2D eigenvalue weighted by Crippen LogP contribution is 2.32. The van der Waals surface area contributed by atoms with Crippen molar-refractivity contribution in [3.8, 4) is 0 Å². The van der Waals surface area contributed by atoms with Gasteiger partial charge in [-0.25, -0.2) is 4.79 Å². The Morgan fingerprint density at radius 3 is 2.29 bits per heavy atom. The van der Waals surface area contributed by atoms with Crippen molar-refractivity contribution in [2.75, 3.05) is 0 Å². The highest BCUT2D eigenvalue weighted by Gasteiger charge is 2.41. The van der Waals surface area contributed by atoms with Crippen molar-refractivity contribution < 1.29 is 24.4 Å². The number of non-ortho nitro benzene ring substituents is 1. The van der Waals surface area contributed by atoms with E-state index in [-0.39, 0.29) is 17.6 Å². The number of hydrogen-bond donors (Lipinski definition) is 1. The summed E-state index contributed by atoms with van der Waals surface area (Å²) in [5.41, 5.74) is 0.806. The van der Waals surface area contributed by atoms with Crippen LogP contribution in [-0.4, -0.2) is 45.1 Å². The number of carboxylic acids is 1. The van der Waals surface area contributed by atoms with Crippen molar-refractivity contribution in [1.29, 1.82) is 0 Å². The lowest BCUT2D eigenvalue weighted by Gasteiger charge is -2.25. The Kier molecular flexibility index (Phi) is 4.48. The van der Waals surface area contributed by atoms with E-state index in [0.717, 1.165) is 18.4 Å². The van der Waals surface area contributed by atoms with E-state index in [1.165, 1.54) is 12.1 Å². The van der Waals surface area contributed by atoms with Crippen molar-refractivity contribution in [2.45, 2.75) is 50.5 Å². The maximum Gasteiger partial charge on any atom is 0.332 e. The third-order valence-electron chi connectivity index (χ3n) is 4.34. The molecule has 1 aliphatic carbocycles. The maximum atomic E-state index is 12.7. The Morgan fingerprint density at radius 2 is 1.79 bits per heavy atom. The van der Waals surface area contributed by atoms with E-state index in [1.54, 1.807) is 17.0 Å². The molecule has 1 heterocycles. The smallest absolute Gasteiger partial charge is 0.332 e. The number of nitro benzene ring substituents is 1. The summed E-state index contributed by atoms with van der Waals surface area (Å²) in [6, 6.07) is 6.24. The van der Waals surface area contributed by atoms with Gasteiger partial charge in [-0.3, -0.25) is 14.9 Å². The third-order valence-corrected chi connectivity index (χ3v) is 4.34. The molecule has 1 saturated carbocycles. The molecule has 8 heteroatoms. The van der Waals surface area contributed by atoms with Gasteiger partial charge in [0.25, 0.3) is 11.6 Å². The van der Waals surface area contributed by atoms with Crippen LogP contribution >= 0.6 is 0 Å². The van der Waals surface area contributed by atoms with Gasteiger partial charge in [0.15, 0.2) is 6.10 Å². The van der Waals surface area contributed by atoms with Gasteiger partial charge in [0, 0.05) is 24.7 Å². The van der Waals surface area contributed by atoms with Crippen molar-refractivity contribution in [3.05, 3.63) is 39.9 Å². The fourth-order valence-electron chi connectivity index (χ4n) is 2.88. The summed E-state index contributed by atoms with van der Waals surface area (Å²) in [4.78, 5) is 35.6. The van der Waals surface area contributed by atoms with Gasteiger partial charge in [-0.1, -0.05) is 12.1 Å². The number of ether oxygens (including phenoxy) is 1. The van der Waals surface area contributed by atoms with Gasteiger partial charge in [0.2, 0.25) is 0 Å². The van der Waals surface area contributed by atoms with Gasteiger partial charge < -0.3 is 14.7 Å². The van der Waals surface area contributed by atoms with E-state index < -0.39 is 23.1 Å². The zero-order valence-corrected chi connectivity index (χ0v) is 13.0. The molecule has 3 rings (SSSR count). The first kappa shape index (κ1) is 16.4. The molecular weight excluding hydrogens is 316 g/mol. The second-order valence-electron chi connectivity index (χ2n) is 6.15. The molecule has 1 aromatic rings.